The van der Waals surface area contributed by atoms with Crippen LogP contribution in [0.5, 0.6) is 5.75 Å². The highest BCUT2D eigenvalue weighted by molar-refractivity contribution is 7.80. The van der Waals surface area contributed by atoms with E-state index >= 15 is 0 Å². The molecule has 1 aromatic carbocycles. The highest BCUT2D eigenvalue weighted by atomic mass is 32.1. The van der Waals surface area contributed by atoms with Crippen molar-refractivity contribution in [2.75, 3.05) is 26.4 Å². The van der Waals surface area contributed by atoms with Crippen LogP contribution >= 0.6 is 12.2 Å². The fraction of sp³-hybridized carbons (Fsp3) is 0.467. The molecule has 0 saturated heterocycles. The zero-order valence-corrected chi connectivity index (χ0v) is 12.7. The SMILES string of the molecule is NC(=S)c1ccccc1OCC(=O)NCCOCC1CC1. The summed E-state index contributed by atoms with van der Waals surface area (Å²) in [5, 5.41) is 2.74. The molecule has 1 aliphatic rings. The average Bonchev–Trinajstić information content (AvgIpc) is 3.29. The van der Waals surface area contributed by atoms with Gasteiger partial charge in [-0.15, -0.1) is 0 Å². The van der Waals surface area contributed by atoms with Crippen molar-refractivity contribution in [2.24, 2.45) is 11.7 Å². The van der Waals surface area contributed by atoms with Crippen LogP contribution in [-0.4, -0.2) is 37.3 Å². The fourth-order valence-electron chi connectivity index (χ4n) is 1.79. The lowest BCUT2D eigenvalue weighted by Crippen LogP contribution is -2.32. The number of nitrogens with two attached hydrogens (primary N) is 1. The molecular formula is C15H20N2O3S. The van der Waals surface area contributed by atoms with Gasteiger partial charge in [-0.1, -0.05) is 24.4 Å². The van der Waals surface area contributed by atoms with Gasteiger partial charge in [0.1, 0.15) is 10.7 Å². The number of para-hydroxylation sites is 1. The minimum atomic E-state index is -0.192. The number of benzene rings is 1. The molecule has 0 unspecified atom stereocenters. The number of hydrogen-bond donors (Lipinski definition) is 2. The molecule has 1 fully saturated rings. The maximum absolute atomic E-state index is 11.7. The summed E-state index contributed by atoms with van der Waals surface area (Å²) in [7, 11) is 0. The number of carbonyl (C=O) groups is 1. The van der Waals surface area contributed by atoms with Gasteiger partial charge in [0.15, 0.2) is 6.61 Å². The van der Waals surface area contributed by atoms with Crippen molar-refractivity contribution in [3.8, 4) is 5.75 Å². The van der Waals surface area contributed by atoms with Gasteiger partial charge in [-0.25, -0.2) is 0 Å². The maximum atomic E-state index is 11.7. The van der Waals surface area contributed by atoms with Crippen LogP contribution in [0.15, 0.2) is 24.3 Å². The van der Waals surface area contributed by atoms with Crippen LogP contribution in [0.1, 0.15) is 18.4 Å². The molecule has 0 aliphatic heterocycles. The van der Waals surface area contributed by atoms with E-state index in [9.17, 15) is 4.79 Å². The first-order chi connectivity index (χ1) is 10.2. The molecule has 5 nitrogen and oxygen atoms in total. The van der Waals surface area contributed by atoms with E-state index < -0.39 is 0 Å². The largest absolute Gasteiger partial charge is 0.483 e. The Morgan fingerprint density at radius 1 is 1.38 bits per heavy atom. The lowest BCUT2D eigenvalue weighted by molar-refractivity contribution is -0.123. The minimum Gasteiger partial charge on any atom is -0.483 e. The molecule has 1 aromatic rings. The van der Waals surface area contributed by atoms with E-state index in [4.69, 9.17) is 27.4 Å². The summed E-state index contributed by atoms with van der Waals surface area (Å²) in [6.07, 6.45) is 2.53. The van der Waals surface area contributed by atoms with Crippen molar-refractivity contribution in [3.63, 3.8) is 0 Å². The highest BCUT2D eigenvalue weighted by Gasteiger charge is 2.20. The lowest BCUT2D eigenvalue weighted by Gasteiger charge is -2.10. The zero-order valence-electron chi connectivity index (χ0n) is 11.8. The second-order valence-electron chi connectivity index (χ2n) is 5.02. The summed E-state index contributed by atoms with van der Waals surface area (Å²) in [5.74, 6) is 1.06. The molecule has 0 aromatic heterocycles. The van der Waals surface area contributed by atoms with E-state index in [2.05, 4.69) is 5.32 Å². The quantitative estimate of drug-likeness (QED) is 0.530. The van der Waals surface area contributed by atoms with Gasteiger partial charge in [-0.3, -0.25) is 4.79 Å². The minimum absolute atomic E-state index is 0.0672. The van der Waals surface area contributed by atoms with E-state index in [0.717, 1.165) is 12.5 Å². The number of thiocarbonyl (C=S) groups is 1. The lowest BCUT2D eigenvalue weighted by atomic mass is 10.2. The number of nitrogens with one attached hydrogen (secondary N) is 1. The summed E-state index contributed by atoms with van der Waals surface area (Å²) >= 11 is 4.94. The third-order valence-corrected chi connectivity index (χ3v) is 3.35. The van der Waals surface area contributed by atoms with Gasteiger partial charge in [-0.05, 0) is 30.9 Å². The van der Waals surface area contributed by atoms with Gasteiger partial charge in [0.2, 0.25) is 0 Å². The van der Waals surface area contributed by atoms with Crippen LogP contribution in [-0.2, 0) is 9.53 Å². The standard InChI is InChI=1S/C15H20N2O3S/c16-15(21)12-3-1-2-4-13(12)20-10-14(18)17-7-8-19-9-11-5-6-11/h1-4,11H,5-10H2,(H2,16,21)(H,17,18). The molecule has 3 N–H and O–H groups in total. The van der Waals surface area contributed by atoms with Crippen molar-refractivity contribution in [1.29, 1.82) is 0 Å². The van der Waals surface area contributed by atoms with E-state index in [1.54, 1.807) is 18.2 Å². The molecule has 1 amide bonds. The van der Waals surface area contributed by atoms with E-state index in [0.29, 0.717) is 24.5 Å². The molecule has 1 aliphatic carbocycles. The van der Waals surface area contributed by atoms with Gasteiger partial charge in [-0.2, -0.15) is 0 Å². The van der Waals surface area contributed by atoms with Crippen molar-refractivity contribution in [3.05, 3.63) is 29.8 Å². The van der Waals surface area contributed by atoms with Gasteiger partial charge in [0.05, 0.1) is 12.2 Å². The van der Waals surface area contributed by atoms with E-state index in [1.807, 2.05) is 6.07 Å². The van der Waals surface area contributed by atoms with Crippen LogP contribution in [0.2, 0.25) is 0 Å². The average molecular weight is 308 g/mol. The number of hydrogen-bond acceptors (Lipinski definition) is 4. The molecule has 6 heteroatoms. The van der Waals surface area contributed by atoms with Crippen LogP contribution < -0.4 is 15.8 Å². The van der Waals surface area contributed by atoms with Crippen LogP contribution in [0.25, 0.3) is 0 Å². The molecule has 2 rings (SSSR count). The number of rotatable bonds is 9. The summed E-state index contributed by atoms with van der Waals surface area (Å²) in [6, 6.07) is 7.13. The molecular weight excluding hydrogens is 288 g/mol. The van der Waals surface area contributed by atoms with Gasteiger partial charge in [0, 0.05) is 13.2 Å². The van der Waals surface area contributed by atoms with E-state index in [1.165, 1.54) is 12.8 Å². The van der Waals surface area contributed by atoms with Crippen molar-refractivity contribution < 1.29 is 14.3 Å². The number of amides is 1. The molecule has 0 heterocycles. The summed E-state index contributed by atoms with van der Waals surface area (Å²) in [5.41, 5.74) is 6.23. The third-order valence-electron chi connectivity index (χ3n) is 3.13. The predicted molar refractivity (Wildman–Crippen MR) is 84.4 cm³/mol. The Hall–Kier alpha value is -1.66. The smallest absolute Gasteiger partial charge is 0.258 e. The summed E-state index contributed by atoms with van der Waals surface area (Å²) < 4.78 is 10.9. The second kappa shape index (κ2) is 7.95. The molecule has 0 radical (unpaired) electrons. The Bertz CT molecular complexity index is 503. The molecule has 114 valence electrons. The van der Waals surface area contributed by atoms with Gasteiger partial charge >= 0.3 is 0 Å². The van der Waals surface area contributed by atoms with Gasteiger partial charge < -0.3 is 20.5 Å². The molecule has 0 bridgehead atoms. The van der Waals surface area contributed by atoms with Crippen LogP contribution in [0.4, 0.5) is 0 Å². The summed E-state index contributed by atoms with van der Waals surface area (Å²) in [6.45, 7) is 1.76. The number of ether oxygens (including phenoxy) is 2. The fourth-order valence-corrected chi connectivity index (χ4v) is 1.96. The first-order valence-corrected chi connectivity index (χ1v) is 7.43. The predicted octanol–water partition coefficient (Wildman–Crippen LogP) is 1.24. The van der Waals surface area contributed by atoms with Crippen molar-refractivity contribution >= 4 is 23.1 Å². The monoisotopic (exact) mass is 308 g/mol. The Morgan fingerprint density at radius 3 is 2.86 bits per heavy atom. The Kier molecular flexibility index (Phi) is 5.95. The first kappa shape index (κ1) is 15.7. The molecule has 0 spiro atoms. The maximum Gasteiger partial charge on any atom is 0.258 e. The Labute approximate surface area is 129 Å². The van der Waals surface area contributed by atoms with Crippen molar-refractivity contribution in [2.45, 2.75) is 12.8 Å². The summed E-state index contributed by atoms with van der Waals surface area (Å²) in [4.78, 5) is 11.9. The van der Waals surface area contributed by atoms with Crippen molar-refractivity contribution in [1.82, 2.24) is 5.32 Å². The third kappa shape index (κ3) is 5.69. The van der Waals surface area contributed by atoms with Gasteiger partial charge in [0.25, 0.3) is 5.91 Å². The molecule has 0 atom stereocenters. The van der Waals surface area contributed by atoms with E-state index in [-0.39, 0.29) is 17.5 Å². The normalized spacial score (nSPS) is 13.7. The second-order valence-corrected chi connectivity index (χ2v) is 5.46. The van der Waals surface area contributed by atoms with Crippen LogP contribution in [0.3, 0.4) is 0 Å². The molecule has 21 heavy (non-hydrogen) atoms. The Morgan fingerprint density at radius 2 is 2.14 bits per heavy atom. The molecule has 1 saturated carbocycles. The zero-order chi connectivity index (χ0) is 15.1. The topological polar surface area (TPSA) is 73.6 Å². The highest BCUT2D eigenvalue weighted by Crippen LogP contribution is 2.28. The first-order valence-electron chi connectivity index (χ1n) is 7.03. The number of carbonyl (C=O) groups excluding carboxylic acids is 1. The van der Waals surface area contributed by atoms with Crippen LogP contribution in [0, 0.1) is 5.92 Å². The Balaban J connectivity index is 1.64.